The molecule has 0 spiro atoms. The van der Waals surface area contributed by atoms with Crippen molar-refractivity contribution in [2.75, 3.05) is 0 Å². The van der Waals surface area contributed by atoms with Gasteiger partial charge in [0.25, 0.3) is 5.69 Å². The highest BCUT2D eigenvalue weighted by Crippen LogP contribution is 2.32. The summed E-state index contributed by atoms with van der Waals surface area (Å²) in [7, 11) is 0. The minimum Gasteiger partial charge on any atom is -0.258 e. The van der Waals surface area contributed by atoms with Gasteiger partial charge in [0, 0.05) is 17.0 Å². The predicted octanol–water partition coefficient (Wildman–Crippen LogP) is 4.69. The fraction of sp³-hybridized carbons (Fsp3) is 0.538. The Balaban J connectivity index is 3.12. The Labute approximate surface area is 117 Å². The third-order valence-corrected chi connectivity index (χ3v) is 3.85. The zero-order valence-electron chi connectivity index (χ0n) is 10.7. The van der Waals surface area contributed by atoms with E-state index < -0.39 is 4.92 Å². The molecular weight excluding hydrogens is 273 g/mol. The number of rotatable bonds is 5. The second kappa shape index (κ2) is 6.39. The van der Waals surface area contributed by atoms with E-state index in [1.165, 1.54) is 6.07 Å². The molecule has 0 amide bonds. The van der Waals surface area contributed by atoms with Gasteiger partial charge in [-0.05, 0) is 31.2 Å². The second-order valence-electron chi connectivity index (χ2n) is 4.78. The molecule has 3 nitrogen and oxygen atoms in total. The van der Waals surface area contributed by atoms with Crippen molar-refractivity contribution in [3.05, 3.63) is 38.9 Å². The van der Waals surface area contributed by atoms with Crippen molar-refractivity contribution in [1.82, 2.24) is 0 Å². The van der Waals surface area contributed by atoms with Crippen molar-refractivity contribution in [2.45, 2.75) is 32.6 Å². The van der Waals surface area contributed by atoms with Gasteiger partial charge in [-0.3, -0.25) is 10.1 Å². The summed E-state index contributed by atoms with van der Waals surface area (Å²) in [6.07, 6.45) is 0.526. The summed E-state index contributed by atoms with van der Waals surface area (Å²) in [5.74, 6) is 0.499. The molecule has 0 saturated carbocycles. The number of hydrogen-bond acceptors (Lipinski definition) is 2. The summed E-state index contributed by atoms with van der Waals surface area (Å²) in [6.45, 7) is 6.04. The molecule has 1 rings (SSSR count). The summed E-state index contributed by atoms with van der Waals surface area (Å²) in [4.78, 5) is 10.6. The monoisotopic (exact) mass is 289 g/mol. The molecule has 0 fully saturated rings. The van der Waals surface area contributed by atoms with Gasteiger partial charge >= 0.3 is 0 Å². The Morgan fingerprint density at radius 3 is 2.39 bits per heavy atom. The number of nitro groups is 1. The lowest BCUT2D eigenvalue weighted by atomic mass is 9.86. The molecule has 0 bridgehead atoms. The smallest absolute Gasteiger partial charge is 0.258 e. The van der Waals surface area contributed by atoms with E-state index in [0.29, 0.717) is 22.9 Å². The molecule has 0 aliphatic carbocycles. The number of alkyl halides is 1. The van der Waals surface area contributed by atoms with Crippen LogP contribution in [0.5, 0.6) is 0 Å². The summed E-state index contributed by atoms with van der Waals surface area (Å²) in [5, 5.41) is 11.4. The van der Waals surface area contributed by atoms with Gasteiger partial charge in [0.2, 0.25) is 0 Å². The lowest BCUT2D eigenvalue weighted by molar-refractivity contribution is -0.385. The number of nitro benzene ring substituents is 1. The van der Waals surface area contributed by atoms with Crippen LogP contribution in [0.4, 0.5) is 5.69 Å². The Morgan fingerprint density at radius 2 is 1.94 bits per heavy atom. The normalized spacial score (nSPS) is 14.6. The summed E-state index contributed by atoms with van der Waals surface area (Å²) >= 11 is 12.2. The van der Waals surface area contributed by atoms with E-state index in [2.05, 4.69) is 13.8 Å². The van der Waals surface area contributed by atoms with Crippen molar-refractivity contribution in [3.63, 3.8) is 0 Å². The van der Waals surface area contributed by atoms with Crippen LogP contribution in [0.25, 0.3) is 0 Å². The highest BCUT2D eigenvalue weighted by atomic mass is 35.5. The van der Waals surface area contributed by atoms with E-state index in [1.54, 1.807) is 12.1 Å². The van der Waals surface area contributed by atoms with Crippen molar-refractivity contribution in [3.8, 4) is 0 Å². The van der Waals surface area contributed by atoms with Crippen LogP contribution in [0.15, 0.2) is 18.2 Å². The number of halogens is 2. The maximum atomic E-state index is 11.0. The van der Waals surface area contributed by atoms with E-state index in [-0.39, 0.29) is 17.0 Å². The van der Waals surface area contributed by atoms with Crippen LogP contribution in [0, 0.1) is 22.0 Å². The first-order valence-electron chi connectivity index (χ1n) is 5.90. The number of nitrogens with zero attached hydrogens (tertiary/aromatic N) is 1. The molecule has 0 aliphatic rings. The van der Waals surface area contributed by atoms with E-state index in [1.807, 2.05) is 6.92 Å². The largest absolute Gasteiger partial charge is 0.274 e. The third kappa shape index (κ3) is 3.59. The molecule has 0 aliphatic heterocycles. The molecule has 2 unspecified atom stereocenters. The fourth-order valence-corrected chi connectivity index (χ4v) is 2.71. The average molecular weight is 290 g/mol. The molecule has 0 aromatic heterocycles. The van der Waals surface area contributed by atoms with Crippen LogP contribution in [-0.2, 0) is 6.42 Å². The molecule has 100 valence electrons. The van der Waals surface area contributed by atoms with Gasteiger partial charge < -0.3 is 0 Å². The van der Waals surface area contributed by atoms with Gasteiger partial charge in [-0.15, -0.1) is 11.6 Å². The Morgan fingerprint density at radius 1 is 1.33 bits per heavy atom. The van der Waals surface area contributed by atoms with E-state index in [0.717, 1.165) is 0 Å². The minimum absolute atomic E-state index is 0.0547. The lowest BCUT2D eigenvalue weighted by Crippen LogP contribution is -2.21. The highest BCUT2D eigenvalue weighted by Gasteiger charge is 2.25. The van der Waals surface area contributed by atoms with Crippen molar-refractivity contribution in [2.24, 2.45) is 11.8 Å². The van der Waals surface area contributed by atoms with E-state index in [4.69, 9.17) is 23.2 Å². The quantitative estimate of drug-likeness (QED) is 0.448. The zero-order valence-corrected chi connectivity index (χ0v) is 12.2. The van der Waals surface area contributed by atoms with Crippen molar-refractivity contribution < 1.29 is 4.92 Å². The molecule has 1 aromatic carbocycles. The van der Waals surface area contributed by atoms with Crippen LogP contribution < -0.4 is 0 Å². The van der Waals surface area contributed by atoms with Gasteiger partial charge in [0.15, 0.2) is 0 Å². The van der Waals surface area contributed by atoms with Gasteiger partial charge in [-0.1, -0.05) is 31.5 Å². The number of hydrogen-bond donors (Lipinski definition) is 0. The van der Waals surface area contributed by atoms with Gasteiger partial charge in [0.1, 0.15) is 0 Å². The van der Waals surface area contributed by atoms with Gasteiger partial charge in [-0.2, -0.15) is 0 Å². The highest BCUT2D eigenvalue weighted by molar-refractivity contribution is 6.31. The predicted molar refractivity (Wildman–Crippen MR) is 75.5 cm³/mol. The standard InChI is InChI=1S/C13H17Cl2NO2/c1-8(2)10(9(3)14)7-11-12(15)5-4-6-13(11)16(17)18/h4-6,8-10H,7H2,1-3H3. The first kappa shape index (κ1) is 15.3. The molecule has 5 heteroatoms. The van der Waals surface area contributed by atoms with Gasteiger partial charge in [-0.25, -0.2) is 0 Å². The molecule has 0 heterocycles. The van der Waals surface area contributed by atoms with E-state index >= 15 is 0 Å². The minimum atomic E-state index is -0.391. The SMILES string of the molecule is CC(C)C(Cc1c(Cl)cccc1[N+](=O)[O-])C(C)Cl. The van der Waals surface area contributed by atoms with Crippen LogP contribution in [0.3, 0.4) is 0 Å². The molecular formula is C13H17Cl2NO2. The maximum Gasteiger partial charge on any atom is 0.274 e. The van der Waals surface area contributed by atoms with Gasteiger partial charge in [0.05, 0.1) is 9.95 Å². The van der Waals surface area contributed by atoms with Crippen LogP contribution in [0.2, 0.25) is 5.02 Å². The van der Waals surface area contributed by atoms with Crippen LogP contribution in [-0.4, -0.2) is 10.3 Å². The molecule has 18 heavy (non-hydrogen) atoms. The first-order valence-corrected chi connectivity index (χ1v) is 6.71. The number of benzene rings is 1. The Kier molecular flexibility index (Phi) is 5.42. The fourth-order valence-electron chi connectivity index (χ4n) is 2.08. The summed E-state index contributed by atoms with van der Waals surface area (Å²) in [5.41, 5.74) is 0.654. The Hall–Kier alpha value is -0.800. The summed E-state index contributed by atoms with van der Waals surface area (Å²) in [6, 6.07) is 4.76. The first-order chi connectivity index (χ1) is 8.34. The second-order valence-corrected chi connectivity index (χ2v) is 5.88. The molecule has 0 radical (unpaired) electrons. The molecule has 2 atom stereocenters. The average Bonchev–Trinajstić information content (AvgIpc) is 2.25. The lowest BCUT2D eigenvalue weighted by Gasteiger charge is -2.23. The topological polar surface area (TPSA) is 43.1 Å². The molecule has 0 saturated heterocycles. The third-order valence-electron chi connectivity index (χ3n) is 3.18. The molecule has 1 aromatic rings. The van der Waals surface area contributed by atoms with Crippen LogP contribution in [0.1, 0.15) is 26.3 Å². The van der Waals surface area contributed by atoms with E-state index in [9.17, 15) is 10.1 Å². The Bertz CT molecular complexity index is 425. The van der Waals surface area contributed by atoms with Crippen LogP contribution >= 0.6 is 23.2 Å². The molecule has 0 N–H and O–H groups in total. The zero-order chi connectivity index (χ0) is 13.9. The van der Waals surface area contributed by atoms with Crippen molar-refractivity contribution in [1.29, 1.82) is 0 Å². The summed E-state index contributed by atoms with van der Waals surface area (Å²) < 4.78 is 0. The maximum absolute atomic E-state index is 11.0. The van der Waals surface area contributed by atoms with Crippen molar-refractivity contribution >= 4 is 28.9 Å².